The molecule has 0 fully saturated rings. The Morgan fingerprint density at radius 1 is 0.833 bits per heavy atom. The van der Waals surface area contributed by atoms with E-state index < -0.39 is 5.82 Å². The van der Waals surface area contributed by atoms with Gasteiger partial charge in [0.15, 0.2) is 0 Å². The minimum atomic E-state index is -0.452. The average Bonchev–Trinajstić information content (AvgIpc) is 2.75. The third-order valence-corrected chi connectivity index (χ3v) is 4.99. The topological polar surface area (TPSA) is 91.5 Å². The molecular weight excluding hydrogens is 383 g/mol. The summed E-state index contributed by atoms with van der Waals surface area (Å²) in [5, 5.41) is 8.36. The summed E-state index contributed by atoms with van der Waals surface area (Å²) in [4.78, 5) is 31.6. The quantitative estimate of drug-likeness (QED) is 0.486. The Bertz CT molecular complexity index is 1540. The molecule has 5 aromatic rings. The first-order valence-corrected chi connectivity index (χ1v) is 9.34. The van der Waals surface area contributed by atoms with E-state index in [-0.39, 0.29) is 11.1 Å². The van der Waals surface area contributed by atoms with Crippen LogP contribution in [0.2, 0.25) is 0 Å². The zero-order chi connectivity index (χ0) is 20.7. The van der Waals surface area contributed by atoms with E-state index in [9.17, 15) is 14.0 Å². The van der Waals surface area contributed by atoms with E-state index in [0.717, 1.165) is 0 Å². The largest absolute Gasteiger partial charge is 0.306 e. The van der Waals surface area contributed by atoms with Crippen molar-refractivity contribution in [1.29, 1.82) is 0 Å². The second-order valence-corrected chi connectivity index (χ2v) is 7.00. The van der Waals surface area contributed by atoms with Crippen molar-refractivity contribution in [3.63, 3.8) is 0 Å². The highest BCUT2D eigenvalue weighted by atomic mass is 19.1. The number of nitrogens with one attached hydrogen (secondary N) is 2. The molecule has 0 aliphatic carbocycles. The van der Waals surface area contributed by atoms with Crippen LogP contribution in [0.5, 0.6) is 0 Å². The first kappa shape index (κ1) is 17.9. The van der Waals surface area contributed by atoms with Gasteiger partial charge in [-0.2, -0.15) is 5.10 Å². The van der Waals surface area contributed by atoms with Gasteiger partial charge in [-0.1, -0.05) is 30.3 Å². The van der Waals surface area contributed by atoms with Crippen molar-refractivity contribution < 1.29 is 4.39 Å². The minimum Gasteiger partial charge on any atom is -0.306 e. The first-order chi connectivity index (χ1) is 14.6. The molecule has 0 bridgehead atoms. The molecule has 2 heterocycles. The number of nitrogens with zero attached hydrogens (tertiary/aromatic N) is 2. The van der Waals surface area contributed by atoms with E-state index in [0.29, 0.717) is 50.7 Å². The highest BCUT2D eigenvalue weighted by Gasteiger charge is 2.11. The van der Waals surface area contributed by atoms with Gasteiger partial charge >= 0.3 is 0 Å². The molecule has 3 aromatic carbocycles. The van der Waals surface area contributed by atoms with E-state index in [1.165, 1.54) is 12.1 Å². The van der Waals surface area contributed by atoms with Crippen molar-refractivity contribution in [1.82, 2.24) is 20.2 Å². The first-order valence-electron chi connectivity index (χ1n) is 9.34. The van der Waals surface area contributed by atoms with Gasteiger partial charge in [-0.15, -0.1) is 0 Å². The van der Waals surface area contributed by atoms with E-state index in [1.807, 2.05) is 12.1 Å². The van der Waals surface area contributed by atoms with Crippen LogP contribution in [0.1, 0.15) is 11.3 Å². The molecule has 2 N–H and O–H groups in total. The number of hydrogen-bond acceptors (Lipinski definition) is 4. The van der Waals surface area contributed by atoms with Gasteiger partial charge < -0.3 is 4.98 Å². The lowest BCUT2D eigenvalue weighted by molar-refractivity contribution is 0.626. The normalized spacial score (nSPS) is 11.2. The van der Waals surface area contributed by atoms with Gasteiger partial charge in [-0.3, -0.25) is 9.59 Å². The number of benzene rings is 3. The molecule has 0 aliphatic heterocycles. The highest BCUT2D eigenvalue weighted by Crippen LogP contribution is 2.22. The minimum absolute atomic E-state index is 0.271. The van der Waals surface area contributed by atoms with Gasteiger partial charge in [-0.25, -0.2) is 14.5 Å². The zero-order valence-electron chi connectivity index (χ0n) is 15.6. The average molecular weight is 398 g/mol. The van der Waals surface area contributed by atoms with Crippen molar-refractivity contribution in [3.05, 3.63) is 105 Å². The van der Waals surface area contributed by atoms with Gasteiger partial charge in [0.25, 0.3) is 11.1 Å². The second-order valence-electron chi connectivity index (χ2n) is 7.00. The Hall–Kier alpha value is -4.13. The molecule has 146 valence electrons. The Morgan fingerprint density at radius 2 is 1.57 bits per heavy atom. The molecule has 0 unspecified atom stereocenters. The van der Waals surface area contributed by atoms with E-state index >= 15 is 0 Å². The number of rotatable bonds is 3. The van der Waals surface area contributed by atoms with Crippen LogP contribution < -0.4 is 11.1 Å². The number of halogens is 1. The molecule has 0 saturated carbocycles. The Kier molecular flexibility index (Phi) is 4.21. The van der Waals surface area contributed by atoms with Gasteiger partial charge in [0, 0.05) is 17.4 Å². The number of aromatic amines is 2. The lowest BCUT2D eigenvalue weighted by Gasteiger charge is -2.08. The van der Waals surface area contributed by atoms with Crippen molar-refractivity contribution >= 4 is 21.7 Å². The smallest absolute Gasteiger partial charge is 0.272 e. The molecule has 30 heavy (non-hydrogen) atoms. The molecule has 0 saturated heterocycles. The van der Waals surface area contributed by atoms with Crippen molar-refractivity contribution in [2.24, 2.45) is 0 Å². The molecule has 0 spiro atoms. The SMILES string of the molecule is O=c1[nH]c(-c2cc(F)cc(Cc3n[nH]c(=O)c4ccccc34)c2)nc2ccccc12. The van der Waals surface area contributed by atoms with Gasteiger partial charge in [0.05, 0.1) is 22.0 Å². The molecule has 0 aliphatic rings. The van der Waals surface area contributed by atoms with Crippen LogP contribution in [0.4, 0.5) is 4.39 Å². The number of aromatic nitrogens is 4. The molecule has 5 rings (SSSR count). The summed E-state index contributed by atoms with van der Waals surface area (Å²) < 4.78 is 14.4. The fourth-order valence-electron chi connectivity index (χ4n) is 3.61. The van der Waals surface area contributed by atoms with Crippen LogP contribution in [-0.2, 0) is 6.42 Å². The highest BCUT2D eigenvalue weighted by molar-refractivity contribution is 5.83. The molecule has 0 amide bonds. The molecule has 0 atom stereocenters. The van der Waals surface area contributed by atoms with Crippen LogP contribution in [0, 0.1) is 5.82 Å². The summed E-state index contributed by atoms with van der Waals surface area (Å²) in [7, 11) is 0. The predicted octanol–water partition coefficient (Wildman–Crippen LogP) is 3.56. The Labute approximate surface area is 169 Å². The lowest BCUT2D eigenvalue weighted by atomic mass is 10.0. The van der Waals surface area contributed by atoms with Crippen molar-refractivity contribution in [3.8, 4) is 11.4 Å². The monoisotopic (exact) mass is 398 g/mol. The second kappa shape index (κ2) is 7.04. The van der Waals surface area contributed by atoms with Crippen LogP contribution in [0.15, 0.2) is 76.3 Å². The molecular formula is C23H15FN4O2. The number of hydrogen-bond donors (Lipinski definition) is 2. The van der Waals surface area contributed by atoms with Crippen molar-refractivity contribution in [2.45, 2.75) is 6.42 Å². The third kappa shape index (κ3) is 3.16. The lowest BCUT2D eigenvalue weighted by Crippen LogP contribution is -2.11. The van der Waals surface area contributed by atoms with E-state index in [1.54, 1.807) is 42.5 Å². The van der Waals surface area contributed by atoms with Gasteiger partial charge in [-0.05, 0) is 42.0 Å². The molecule has 7 heteroatoms. The van der Waals surface area contributed by atoms with Crippen molar-refractivity contribution in [2.75, 3.05) is 0 Å². The molecule has 0 radical (unpaired) electrons. The van der Waals surface area contributed by atoms with E-state index in [2.05, 4.69) is 20.2 Å². The maximum Gasteiger partial charge on any atom is 0.272 e. The summed E-state index contributed by atoms with van der Waals surface area (Å²) in [6.45, 7) is 0. The molecule has 2 aromatic heterocycles. The van der Waals surface area contributed by atoms with E-state index in [4.69, 9.17) is 0 Å². The van der Waals surface area contributed by atoms with Crippen LogP contribution >= 0.6 is 0 Å². The summed E-state index contributed by atoms with van der Waals surface area (Å²) in [5.41, 5.74) is 1.71. The predicted molar refractivity (Wildman–Crippen MR) is 113 cm³/mol. The maximum absolute atomic E-state index is 14.4. The standard InChI is InChI=1S/C23H15FN4O2/c24-15-10-13(11-20-16-5-1-2-6-17(16)23(30)28-27-20)9-14(12-15)21-25-19-8-4-3-7-18(19)22(29)26-21/h1-10,12H,11H2,(H,28,30)(H,25,26,29). The fourth-order valence-corrected chi connectivity index (χ4v) is 3.61. The Morgan fingerprint density at radius 3 is 2.40 bits per heavy atom. The summed E-state index contributed by atoms with van der Waals surface area (Å²) in [6.07, 6.45) is 0.305. The molecule has 6 nitrogen and oxygen atoms in total. The third-order valence-electron chi connectivity index (χ3n) is 4.99. The fraction of sp³-hybridized carbons (Fsp3) is 0.0435. The van der Waals surface area contributed by atoms with Gasteiger partial charge in [0.2, 0.25) is 0 Å². The number of fused-ring (bicyclic) bond motifs is 2. The summed E-state index contributed by atoms with van der Waals surface area (Å²) in [5.74, 6) is -0.161. The Balaban J connectivity index is 1.61. The van der Waals surface area contributed by atoms with Crippen LogP contribution in [0.25, 0.3) is 33.1 Å². The van der Waals surface area contributed by atoms with Crippen LogP contribution in [-0.4, -0.2) is 20.2 Å². The van der Waals surface area contributed by atoms with Crippen LogP contribution in [0.3, 0.4) is 0 Å². The number of para-hydroxylation sites is 1. The summed E-state index contributed by atoms with van der Waals surface area (Å²) in [6, 6.07) is 18.6. The van der Waals surface area contributed by atoms with Gasteiger partial charge in [0.1, 0.15) is 11.6 Å². The number of H-pyrrole nitrogens is 2. The zero-order valence-corrected chi connectivity index (χ0v) is 15.6. The summed E-state index contributed by atoms with van der Waals surface area (Å²) >= 11 is 0. The maximum atomic E-state index is 14.4.